The van der Waals surface area contributed by atoms with Crippen molar-refractivity contribution in [2.45, 2.75) is 19.9 Å². The van der Waals surface area contributed by atoms with E-state index in [2.05, 4.69) is 20.8 Å². The van der Waals surface area contributed by atoms with Gasteiger partial charge in [0.1, 0.15) is 18.2 Å². The van der Waals surface area contributed by atoms with Gasteiger partial charge in [0.25, 0.3) is 0 Å². The molecule has 0 amide bonds. The fraction of sp³-hybridized carbons (Fsp3) is 0.192. The van der Waals surface area contributed by atoms with Gasteiger partial charge in [-0.15, -0.1) is 0 Å². The minimum atomic E-state index is -0.0933. The molecule has 2 heterocycles. The molecular weight excluding hydrogens is 490 g/mol. The number of benzene rings is 3. The van der Waals surface area contributed by atoms with Gasteiger partial charge in [0.2, 0.25) is 5.78 Å². The van der Waals surface area contributed by atoms with E-state index in [1.807, 2.05) is 61.5 Å². The summed E-state index contributed by atoms with van der Waals surface area (Å²) in [5.74, 6) is 1.64. The van der Waals surface area contributed by atoms with Gasteiger partial charge in [-0.2, -0.15) is 0 Å². The Balaban J connectivity index is 1.42. The monoisotopic (exact) mass is 509 g/mol. The molecule has 3 aromatic carbocycles. The van der Waals surface area contributed by atoms with Gasteiger partial charge in [0.05, 0.1) is 11.1 Å². The minimum absolute atomic E-state index is 0.0933. The lowest BCUT2D eigenvalue weighted by Crippen LogP contribution is -2.34. The Kier molecular flexibility index (Phi) is 5.80. The Morgan fingerprint density at radius 3 is 2.75 bits per heavy atom. The van der Waals surface area contributed by atoms with Crippen LogP contribution < -0.4 is 9.47 Å². The van der Waals surface area contributed by atoms with Crippen molar-refractivity contribution >= 4 is 39.4 Å². The topological polar surface area (TPSA) is 38.8 Å². The molecule has 0 N–H and O–H groups in total. The van der Waals surface area contributed by atoms with Crippen LogP contribution in [0.3, 0.4) is 0 Å². The summed E-state index contributed by atoms with van der Waals surface area (Å²) in [4.78, 5) is 15.4. The Morgan fingerprint density at radius 2 is 1.94 bits per heavy atom. The molecule has 0 saturated heterocycles. The van der Waals surface area contributed by atoms with E-state index in [1.165, 1.54) is 0 Å². The van der Waals surface area contributed by atoms with Crippen LogP contribution in [0.2, 0.25) is 5.02 Å². The van der Waals surface area contributed by atoms with Gasteiger partial charge in [0, 0.05) is 22.6 Å². The zero-order valence-electron chi connectivity index (χ0n) is 17.5. The van der Waals surface area contributed by atoms with Gasteiger partial charge in [-0.1, -0.05) is 63.9 Å². The van der Waals surface area contributed by atoms with E-state index < -0.39 is 0 Å². The molecule has 32 heavy (non-hydrogen) atoms. The number of aryl methyl sites for hydroxylation is 1. The van der Waals surface area contributed by atoms with E-state index in [0.717, 1.165) is 50.5 Å². The molecule has 2 aliphatic heterocycles. The molecule has 5 rings (SSSR count). The number of carbonyl (C=O) groups excluding carboxylic acids is 1. The second kappa shape index (κ2) is 8.74. The Labute approximate surface area is 200 Å². The summed E-state index contributed by atoms with van der Waals surface area (Å²) in [6, 6.07) is 17.6. The minimum Gasteiger partial charge on any atom is -0.478 e. The van der Waals surface area contributed by atoms with Crippen molar-refractivity contribution < 1.29 is 14.3 Å². The SMILES string of the molecule is Cc1cc2c(c3c1C(=O)/C(=C/c1ccccc1Br)O3)CN(CCc1ccccc1Cl)CO2. The zero-order chi connectivity index (χ0) is 22.2. The molecule has 3 aromatic rings. The molecule has 0 unspecified atom stereocenters. The summed E-state index contributed by atoms with van der Waals surface area (Å²) in [5.41, 5.74) is 4.41. The Morgan fingerprint density at radius 1 is 1.16 bits per heavy atom. The lowest BCUT2D eigenvalue weighted by atomic mass is 9.98. The standard InChI is InChI=1S/C26H21BrClNO3/c1-16-12-22-19(14-29(15-31-22)11-10-17-6-3-5-9-21(17)28)26-24(16)25(30)23(32-26)13-18-7-2-4-8-20(18)27/h2-9,12-13H,10-11,14-15H2,1H3/b23-13-. The van der Waals surface area contributed by atoms with Gasteiger partial charge in [-0.25, -0.2) is 0 Å². The summed E-state index contributed by atoms with van der Waals surface area (Å²) < 4.78 is 13.1. The highest BCUT2D eigenvalue weighted by Crippen LogP contribution is 2.44. The number of Topliss-reactive ketones (excluding diaryl/α,β-unsaturated/α-hetero) is 1. The predicted molar refractivity (Wildman–Crippen MR) is 129 cm³/mol. The molecule has 4 nitrogen and oxygen atoms in total. The highest BCUT2D eigenvalue weighted by atomic mass is 79.9. The number of hydrogen-bond acceptors (Lipinski definition) is 4. The maximum absolute atomic E-state index is 13.2. The molecule has 0 fully saturated rings. The van der Waals surface area contributed by atoms with Crippen molar-refractivity contribution in [1.82, 2.24) is 4.90 Å². The number of ketones is 1. The van der Waals surface area contributed by atoms with Gasteiger partial charge in [-0.3, -0.25) is 9.69 Å². The van der Waals surface area contributed by atoms with Gasteiger partial charge < -0.3 is 9.47 Å². The van der Waals surface area contributed by atoms with Crippen molar-refractivity contribution in [1.29, 1.82) is 0 Å². The highest BCUT2D eigenvalue weighted by Gasteiger charge is 2.35. The first-order valence-corrected chi connectivity index (χ1v) is 11.6. The lowest BCUT2D eigenvalue weighted by molar-refractivity contribution is 0.0949. The van der Waals surface area contributed by atoms with Crippen LogP contribution in [0.25, 0.3) is 6.08 Å². The molecule has 0 atom stereocenters. The maximum Gasteiger partial charge on any atom is 0.232 e. The van der Waals surface area contributed by atoms with Crippen LogP contribution in [0.4, 0.5) is 0 Å². The van der Waals surface area contributed by atoms with Gasteiger partial charge in [-0.05, 0) is 54.3 Å². The average Bonchev–Trinajstić information content (AvgIpc) is 3.12. The van der Waals surface area contributed by atoms with Crippen molar-refractivity contribution in [2.75, 3.05) is 13.3 Å². The normalized spacial score (nSPS) is 16.5. The number of fused-ring (bicyclic) bond motifs is 3. The predicted octanol–water partition coefficient (Wildman–Crippen LogP) is 6.42. The van der Waals surface area contributed by atoms with Crippen molar-refractivity contribution in [3.8, 4) is 11.5 Å². The van der Waals surface area contributed by atoms with E-state index in [-0.39, 0.29) is 5.78 Å². The number of ether oxygens (including phenoxy) is 2. The smallest absolute Gasteiger partial charge is 0.232 e. The third-order valence-electron chi connectivity index (χ3n) is 5.83. The number of rotatable bonds is 4. The first kappa shape index (κ1) is 21.3. The van der Waals surface area contributed by atoms with Crippen molar-refractivity contribution in [3.05, 3.63) is 97.7 Å². The molecule has 0 aliphatic carbocycles. The van der Waals surface area contributed by atoms with E-state index in [1.54, 1.807) is 6.08 Å². The van der Waals surface area contributed by atoms with Gasteiger partial charge >= 0.3 is 0 Å². The van der Waals surface area contributed by atoms with Crippen molar-refractivity contribution in [3.63, 3.8) is 0 Å². The molecule has 2 aliphatic rings. The number of hydrogen-bond donors (Lipinski definition) is 0. The summed E-state index contributed by atoms with van der Waals surface area (Å²) in [6.07, 6.45) is 2.61. The third kappa shape index (κ3) is 3.96. The zero-order valence-corrected chi connectivity index (χ0v) is 19.9. The summed E-state index contributed by atoms with van der Waals surface area (Å²) in [6.45, 7) is 3.86. The highest BCUT2D eigenvalue weighted by molar-refractivity contribution is 9.10. The van der Waals surface area contributed by atoms with E-state index in [0.29, 0.717) is 30.3 Å². The number of allylic oxidation sites excluding steroid dienone is 1. The summed E-state index contributed by atoms with van der Waals surface area (Å²) in [7, 11) is 0. The van der Waals surface area contributed by atoms with Crippen LogP contribution in [0.5, 0.6) is 11.5 Å². The molecule has 6 heteroatoms. The average molecular weight is 511 g/mol. The third-order valence-corrected chi connectivity index (χ3v) is 6.93. The van der Waals surface area contributed by atoms with Crippen LogP contribution in [0.15, 0.2) is 64.8 Å². The number of halogens is 2. The molecule has 0 saturated carbocycles. The van der Waals surface area contributed by atoms with Crippen LogP contribution in [0.1, 0.15) is 32.6 Å². The molecule has 0 radical (unpaired) electrons. The fourth-order valence-electron chi connectivity index (χ4n) is 4.13. The molecule has 0 aromatic heterocycles. The maximum atomic E-state index is 13.2. The lowest BCUT2D eigenvalue weighted by Gasteiger charge is -2.30. The van der Waals surface area contributed by atoms with Crippen molar-refractivity contribution in [2.24, 2.45) is 0 Å². The molecular formula is C26H21BrClNO3. The molecule has 0 bridgehead atoms. The quantitative estimate of drug-likeness (QED) is 0.380. The van der Waals surface area contributed by atoms with Gasteiger partial charge in [0.15, 0.2) is 5.76 Å². The first-order chi connectivity index (χ1) is 15.5. The largest absolute Gasteiger partial charge is 0.478 e. The number of nitrogens with zero attached hydrogens (tertiary/aromatic N) is 1. The summed E-state index contributed by atoms with van der Waals surface area (Å²) in [5, 5.41) is 0.776. The van der Waals surface area contributed by atoms with E-state index >= 15 is 0 Å². The molecule has 0 spiro atoms. The summed E-state index contributed by atoms with van der Waals surface area (Å²) >= 11 is 9.85. The van der Waals surface area contributed by atoms with Crippen LogP contribution >= 0.6 is 27.5 Å². The fourth-order valence-corrected chi connectivity index (χ4v) is 4.76. The van der Waals surface area contributed by atoms with Crippen LogP contribution in [-0.2, 0) is 13.0 Å². The first-order valence-electron chi connectivity index (χ1n) is 10.4. The Hall–Kier alpha value is -2.60. The van der Waals surface area contributed by atoms with E-state index in [4.69, 9.17) is 21.1 Å². The van der Waals surface area contributed by atoms with Crippen LogP contribution in [-0.4, -0.2) is 24.0 Å². The number of carbonyl (C=O) groups is 1. The molecule has 162 valence electrons. The second-order valence-electron chi connectivity index (χ2n) is 8.00. The second-order valence-corrected chi connectivity index (χ2v) is 9.26. The Bertz CT molecular complexity index is 1250. The van der Waals surface area contributed by atoms with Crippen LogP contribution in [0, 0.1) is 6.92 Å². The van der Waals surface area contributed by atoms with E-state index in [9.17, 15) is 4.79 Å².